The number of aliphatic hydroxyl groups excluding tert-OH is 1. The van der Waals surface area contributed by atoms with E-state index in [1.165, 1.54) is 13.3 Å². The van der Waals surface area contributed by atoms with Crippen LogP contribution in [0.15, 0.2) is 24.8 Å². The molecule has 1 unspecified atom stereocenters. The molecule has 0 aliphatic rings. The van der Waals surface area contributed by atoms with Gasteiger partial charge in [0.2, 0.25) is 0 Å². The Hall–Kier alpha value is -1.99. The molecule has 0 aliphatic carbocycles. The monoisotopic (exact) mass is 264 g/mol. The van der Waals surface area contributed by atoms with Crippen molar-refractivity contribution in [1.29, 1.82) is 0 Å². The van der Waals surface area contributed by atoms with Crippen LogP contribution in [0.3, 0.4) is 0 Å². The van der Waals surface area contributed by atoms with Gasteiger partial charge in [0, 0.05) is 26.0 Å². The Morgan fingerprint density at radius 3 is 3.21 bits per heavy atom. The third kappa shape index (κ3) is 3.27. The van der Waals surface area contributed by atoms with E-state index in [4.69, 9.17) is 4.74 Å². The normalized spacial score (nSPS) is 12.5. The number of amides is 1. The Balaban J connectivity index is 1.93. The summed E-state index contributed by atoms with van der Waals surface area (Å²) in [7, 11) is 1.52. The van der Waals surface area contributed by atoms with Crippen molar-refractivity contribution in [2.75, 3.05) is 20.3 Å². The van der Waals surface area contributed by atoms with Crippen molar-refractivity contribution in [2.45, 2.75) is 12.5 Å². The molecule has 0 bridgehead atoms. The van der Waals surface area contributed by atoms with Crippen LogP contribution in [0.5, 0.6) is 0 Å². The van der Waals surface area contributed by atoms with Crippen molar-refractivity contribution in [1.82, 2.24) is 19.9 Å². The second-order valence-electron chi connectivity index (χ2n) is 4.12. The van der Waals surface area contributed by atoms with Crippen molar-refractivity contribution in [3.05, 3.63) is 30.4 Å². The predicted molar refractivity (Wildman–Crippen MR) is 67.8 cm³/mol. The molecule has 0 radical (unpaired) electrons. The summed E-state index contributed by atoms with van der Waals surface area (Å²) in [5.74, 6) is -0.229. The lowest BCUT2D eigenvalue weighted by molar-refractivity contribution is 0.0588. The van der Waals surface area contributed by atoms with Gasteiger partial charge in [0.1, 0.15) is 0 Å². The smallest absolute Gasteiger partial charge is 0.255 e. The molecule has 102 valence electrons. The Morgan fingerprint density at radius 1 is 1.58 bits per heavy atom. The van der Waals surface area contributed by atoms with Crippen LogP contribution in [-0.2, 0) is 4.74 Å². The number of hydrogen-bond donors (Lipinski definition) is 2. The van der Waals surface area contributed by atoms with Gasteiger partial charge < -0.3 is 15.2 Å². The van der Waals surface area contributed by atoms with Gasteiger partial charge in [0.05, 0.1) is 36.2 Å². The lowest BCUT2D eigenvalue weighted by Crippen LogP contribution is -2.28. The number of rotatable bonds is 6. The fourth-order valence-electron chi connectivity index (χ4n) is 1.73. The highest BCUT2D eigenvalue weighted by Gasteiger charge is 2.12. The Bertz CT molecular complexity index is 555. The minimum absolute atomic E-state index is 0.229. The second kappa shape index (κ2) is 6.26. The summed E-state index contributed by atoms with van der Waals surface area (Å²) in [5, 5.41) is 16.3. The molecule has 7 heteroatoms. The summed E-state index contributed by atoms with van der Waals surface area (Å²) in [4.78, 5) is 15.9. The van der Waals surface area contributed by atoms with E-state index < -0.39 is 6.10 Å². The molecule has 0 aliphatic heterocycles. The zero-order valence-electron chi connectivity index (χ0n) is 10.6. The van der Waals surface area contributed by atoms with Crippen molar-refractivity contribution in [3.8, 4) is 0 Å². The summed E-state index contributed by atoms with van der Waals surface area (Å²) >= 11 is 0. The zero-order chi connectivity index (χ0) is 13.7. The molecular weight excluding hydrogens is 248 g/mol. The molecule has 0 fully saturated rings. The molecule has 1 amide bonds. The van der Waals surface area contributed by atoms with Crippen LogP contribution in [0.4, 0.5) is 0 Å². The predicted octanol–water partition coefficient (Wildman–Crippen LogP) is -0.143. The number of fused-ring (bicyclic) bond motifs is 1. The van der Waals surface area contributed by atoms with E-state index in [9.17, 15) is 9.90 Å². The van der Waals surface area contributed by atoms with Crippen LogP contribution < -0.4 is 5.32 Å². The van der Waals surface area contributed by atoms with E-state index in [1.807, 2.05) is 0 Å². The van der Waals surface area contributed by atoms with Gasteiger partial charge >= 0.3 is 0 Å². The van der Waals surface area contributed by atoms with Gasteiger partial charge in [0.25, 0.3) is 5.91 Å². The van der Waals surface area contributed by atoms with Crippen molar-refractivity contribution in [2.24, 2.45) is 0 Å². The van der Waals surface area contributed by atoms with Crippen LogP contribution in [0.1, 0.15) is 16.8 Å². The van der Waals surface area contributed by atoms with Crippen molar-refractivity contribution in [3.63, 3.8) is 0 Å². The number of carbonyl (C=O) groups is 1. The maximum atomic E-state index is 12.0. The van der Waals surface area contributed by atoms with E-state index in [2.05, 4.69) is 15.4 Å². The molecule has 0 aromatic carbocycles. The number of nitrogens with one attached hydrogen (secondary N) is 1. The standard InChI is InChI=1S/C12H16N4O3/c1-19-8-9(17)2-3-14-12(18)10-6-15-16-5-4-13-7-11(10)16/h4-7,9,17H,2-3,8H2,1H3,(H,14,18). The van der Waals surface area contributed by atoms with E-state index in [0.717, 1.165) is 0 Å². The van der Waals surface area contributed by atoms with Gasteiger partial charge in [-0.3, -0.25) is 9.78 Å². The summed E-state index contributed by atoms with van der Waals surface area (Å²) in [6.45, 7) is 0.636. The summed E-state index contributed by atoms with van der Waals surface area (Å²) in [5.41, 5.74) is 1.12. The third-order valence-corrected chi connectivity index (χ3v) is 2.69. The first-order valence-corrected chi connectivity index (χ1v) is 5.95. The lowest BCUT2D eigenvalue weighted by atomic mass is 10.2. The fourth-order valence-corrected chi connectivity index (χ4v) is 1.73. The maximum Gasteiger partial charge on any atom is 0.255 e. The maximum absolute atomic E-state index is 12.0. The van der Waals surface area contributed by atoms with Gasteiger partial charge in [-0.2, -0.15) is 5.10 Å². The minimum Gasteiger partial charge on any atom is -0.391 e. The molecule has 1 atom stereocenters. The van der Waals surface area contributed by atoms with E-state index >= 15 is 0 Å². The fraction of sp³-hybridized carbons (Fsp3) is 0.417. The molecule has 7 nitrogen and oxygen atoms in total. The van der Waals surface area contributed by atoms with Gasteiger partial charge in [-0.1, -0.05) is 0 Å². The quantitative estimate of drug-likeness (QED) is 0.758. The molecule has 0 saturated carbocycles. The molecule has 19 heavy (non-hydrogen) atoms. The van der Waals surface area contributed by atoms with Crippen molar-refractivity contribution >= 4 is 11.4 Å². The molecule has 2 rings (SSSR count). The molecular formula is C12H16N4O3. The number of hydrogen-bond acceptors (Lipinski definition) is 5. The van der Waals surface area contributed by atoms with Gasteiger partial charge in [-0.05, 0) is 6.42 Å². The average Bonchev–Trinajstić information content (AvgIpc) is 2.82. The first-order chi connectivity index (χ1) is 9.22. The van der Waals surface area contributed by atoms with Gasteiger partial charge in [-0.25, -0.2) is 4.52 Å². The van der Waals surface area contributed by atoms with E-state index in [1.54, 1.807) is 23.1 Å². The highest BCUT2D eigenvalue weighted by molar-refractivity contribution is 6.00. The molecule has 2 heterocycles. The first kappa shape index (κ1) is 13.4. The van der Waals surface area contributed by atoms with Crippen LogP contribution in [-0.4, -0.2) is 52.0 Å². The van der Waals surface area contributed by atoms with E-state index in [0.29, 0.717) is 24.0 Å². The van der Waals surface area contributed by atoms with Gasteiger partial charge in [-0.15, -0.1) is 0 Å². The van der Waals surface area contributed by atoms with Gasteiger partial charge in [0.15, 0.2) is 0 Å². The zero-order valence-corrected chi connectivity index (χ0v) is 10.6. The first-order valence-electron chi connectivity index (χ1n) is 5.95. The largest absolute Gasteiger partial charge is 0.391 e. The number of nitrogens with zero attached hydrogens (tertiary/aromatic N) is 3. The summed E-state index contributed by atoms with van der Waals surface area (Å²) in [6, 6.07) is 0. The Labute approximate surface area is 110 Å². The minimum atomic E-state index is -0.573. The van der Waals surface area contributed by atoms with E-state index in [-0.39, 0.29) is 12.5 Å². The Kier molecular flexibility index (Phi) is 4.43. The second-order valence-corrected chi connectivity index (χ2v) is 4.12. The van der Waals surface area contributed by atoms with Crippen molar-refractivity contribution < 1.29 is 14.6 Å². The number of ether oxygens (including phenoxy) is 1. The third-order valence-electron chi connectivity index (χ3n) is 2.69. The van der Waals surface area contributed by atoms with Crippen LogP contribution in [0.2, 0.25) is 0 Å². The molecule has 0 saturated heterocycles. The topological polar surface area (TPSA) is 88.8 Å². The molecule has 0 spiro atoms. The number of carbonyl (C=O) groups excluding carboxylic acids is 1. The highest BCUT2D eigenvalue weighted by Crippen LogP contribution is 2.08. The lowest BCUT2D eigenvalue weighted by Gasteiger charge is -2.09. The van der Waals surface area contributed by atoms with Crippen LogP contribution in [0.25, 0.3) is 5.52 Å². The number of methoxy groups -OCH3 is 1. The highest BCUT2D eigenvalue weighted by atomic mass is 16.5. The number of aromatic nitrogens is 3. The van der Waals surface area contributed by atoms with Crippen LogP contribution >= 0.6 is 0 Å². The van der Waals surface area contributed by atoms with Crippen LogP contribution in [0, 0.1) is 0 Å². The Morgan fingerprint density at radius 2 is 2.42 bits per heavy atom. The SMILES string of the molecule is COCC(O)CCNC(=O)c1cnn2ccncc12. The summed E-state index contributed by atoms with van der Waals surface area (Å²) < 4.78 is 6.39. The summed E-state index contributed by atoms with van der Waals surface area (Å²) in [6.07, 6.45) is 6.23. The molecule has 2 N–H and O–H groups in total. The molecule has 2 aromatic heterocycles. The molecule has 2 aromatic rings. The number of aliphatic hydroxyl groups is 1. The average molecular weight is 264 g/mol.